The summed E-state index contributed by atoms with van der Waals surface area (Å²) in [5, 5.41) is 8.59. The molecule has 0 saturated heterocycles. The van der Waals surface area contributed by atoms with Gasteiger partial charge in [-0.2, -0.15) is 0 Å². The number of fused-ring (bicyclic) bond motifs is 1. The number of nitrogens with zero attached hydrogens (tertiary/aromatic N) is 2. The molecule has 32 heavy (non-hydrogen) atoms. The maximum Gasteiger partial charge on any atom is 0.412 e. The number of carbonyl (C=O) groups is 2. The van der Waals surface area contributed by atoms with E-state index in [1.807, 2.05) is 12.1 Å². The first-order chi connectivity index (χ1) is 15.5. The molecule has 0 fully saturated rings. The third-order valence-electron chi connectivity index (χ3n) is 4.65. The van der Waals surface area contributed by atoms with Gasteiger partial charge in [0, 0.05) is 19.2 Å². The van der Waals surface area contributed by atoms with Gasteiger partial charge in [-0.05, 0) is 43.2 Å². The molecule has 1 aromatic carbocycles. The lowest BCUT2D eigenvalue weighted by Gasteiger charge is -2.21. The molecule has 170 valence electrons. The number of amides is 2. The molecule has 0 spiro atoms. The number of nitrogens with one attached hydrogen (secondary N) is 3. The van der Waals surface area contributed by atoms with Crippen LogP contribution in [0, 0.1) is 0 Å². The van der Waals surface area contributed by atoms with Crippen molar-refractivity contribution in [3.8, 4) is 5.75 Å². The number of hydrogen-bond donors (Lipinski definition) is 4. The molecule has 0 atom stereocenters. The highest BCUT2D eigenvalue weighted by Crippen LogP contribution is 2.34. The minimum Gasteiger partial charge on any atom is -0.450 e. The van der Waals surface area contributed by atoms with Gasteiger partial charge in [-0.25, -0.2) is 19.6 Å². The van der Waals surface area contributed by atoms with Crippen molar-refractivity contribution in [3.05, 3.63) is 41.6 Å². The Morgan fingerprint density at radius 2 is 1.97 bits per heavy atom. The normalized spacial score (nSPS) is 12.2. The molecule has 3 rings (SSSR count). The summed E-state index contributed by atoms with van der Waals surface area (Å²) in [6, 6.07) is 8.82. The van der Waals surface area contributed by atoms with Gasteiger partial charge in [0.25, 0.3) is 0 Å². The van der Waals surface area contributed by atoms with Crippen molar-refractivity contribution < 1.29 is 19.1 Å². The Kier molecular flexibility index (Phi) is 7.98. The Bertz CT molecular complexity index is 991. The number of carbonyl (C=O) groups excluding carboxylic acids is 2. The summed E-state index contributed by atoms with van der Waals surface area (Å²) in [7, 11) is 0. The summed E-state index contributed by atoms with van der Waals surface area (Å²) in [6.45, 7) is 5.25. The molecule has 0 saturated carbocycles. The van der Waals surface area contributed by atoms with Gasteiger partial charge in [-0.3, -0.25) is 5.32 Å². The highest BCUT2D eigenvalue weighted by atomic mass is 16.6. The maximum absolute atomic E-state index is 11.8. The molecule has 10 heteroatoms. The number of rotatable bonds is 8. The van der Waals surface area contributed by atoms with E-state index in [0.717, 1.165) is 29.8 Å². The minimum absolute atomic E-state index is 0.152. The molecule has 0 radical (unpaired) electrons. The predicted molar refractivity (Wildman–Crippen MR) is 123 cm³/mol. The Balaban J connectivity index is 1.74. The summed E-state index contributed by atoms with van der Waals surface area (Å²) >= 11 is 0. The Labute approximate surface area is 186 Å². The van der Waals surface area contributed by atoms with Gasteiger partial charge in [0.15, 0.2) is 0 Å². The maximum atomic E-state index is 11.8. The number of nitrogens with two attached hydrogens (primary N) is 1. The van der Waals surface area contributed by atoms with Crippen LogP contribution in [0.3, 0.4) is 0 Å². The largest absolute Gasteiger partial charge is 0.450 e. The van der Waals surface area contributed by atoms with Crippen molar-refractivity contribution in [2.45, 2.75) is 33.2 Å². The molecule has 2 amide bonds. The number of pyridine rings is 1. The average molecular weight is 441 g/mol. The van der Waals surface area contributed by atoms with Crippen molar-refractivity contribution >= 4 is 35.1 Å². The van der Waals surface area contributed by atoms with Gasteiger partial charge in [0.1, 0.15) is 17.3 Å². The van der Waals surface area contributed by atoms with Crippen LogP contribution in [0.25, 0.3) is 0 Å². The van der Waals surface area contributed by atoms with Crippen LogP contribution in [0.2, 0.25) is 0 Å². The summed E-state index contributed by atoms with van der Waals surface area (Å²) in [6.07, 6.45) is 0.855. The third-order valence-corrected chi connectivity index (χ3v) is 4.65. The van der Waals surface area contributed by atoms with Gasteiger partial charge in [-0.1, -0.05) is 13.3 Å². The predicted octanol–water partition coefficient (Wildman–Crippen LogP) is 3.54. The lowest BCUT2D eigenvalue weighted by Crippen LogP contribution is -2.27. The molecule has 2 heterocycles. The van der Waals surface area contributed by atoms with Crippen LogP contribution in [-0.4, -0.2) is 42.6 Å². The van der Waals surface area contributed by atoms with E-state index in [9.17, 15) is 9.59 Å². The second-order valence-corrected chi connectivity index (χ2v) is 7.01. The molecule has 0 bridgehead atoms. The average Bonchev–Trinajstić information content (AvgIpc) is 2.79. The standard InChI is InChI=1S/C22H28N6O4/c1-3-5-10-24-21(29)32-15-8-6-14(7-9-15)18-13-25-16-11-19(28-22(30)31-4-2)26-17(12-23)20(16)27-18/h6-9,11,25H,3-5,10,12-13,23H2,1-2H3,(H,24,29)(H,26,28,30). The molecule has 1 aliphatic heterocycles. The molecule has 0 aliphatic carbocycles. The molecule has 1 aromatic heterocycles. The number of unbranched alkanes of at least 4 members (excludes halogenated alkanes) is 1. The SMILES string of the molecule is CCCCNC(=O)Oc1ccc(C2=Nc3c(cc(NC(=O)OCC)nc3CN)NC2)cc1. The van der Waals surface area contributed by atoms with E-state index in [1.165, 1.54) is 0 Å². The molecular weight excluding hydrogens is 412 g/mol. The van der Waals surface area contributed by atoms with E-state index in [4.69, 9.17) is 20.2 Å². The van der Waals surface area contributed by atoms with Crippen LogP contribution in [-0.2, 0) is 11.3 Å². The van der Waals surface area contributed by atoms with Crippen LogP contribution in [0.5, 0.6) is 5.75 Å². The zero-order valence-corrected chi connectivity index (χ0v) is 18.2. The first-order valence-electron chi connectivity index (χ1n) is 10.6. The summed E-state index contributed by atoms with van der Waals surface area (Å²) in [5.41, 5.74) is 9.42. The number of hydrogen-bond acceptors (Lipinski definition) is 8. The first-order valence-corrected chi connectivity index (χ1v) is 10.6. The van der Waals surface area contributed by atoms with Gasteiger partial charge in [0.2, 0.25) is 0 Å². The van der Waals surface area contributed by atoms with Crippen LogP contribution < -0.4 is 26.4 Å². The second kappa shape index (κ2) is 11.1. The highest BCUT2D eigenvalue weighted by Gasteiger charge is 2.19. The fraction of sp³-hybridized carbons (Fsp3) is 0.364. The molecule has 10 nitrogen and oxygen atoms in total. The van der Waals surface area contributed by atoms with E-state index in [-0.39, 0.29) is 13.2 Å². The van der Waals surface area contributed by atoms with E-state index in [2.05, 4.69) is 27.9 Å². The van der Waals surface area contributed by atoms with Crippen LogP contribution in [0.4, 0.5) is 26.8 Å². The minimum atomic E-state index is -0.579. The van der Waals surface area contributed by atoms with Crippen molar-refractivity contribution in [1.29, 1.82) is 0 Å². The van der Waals surface area contributed by atoms with Crippen LogP contribution in [0.15, 0.2) is 35.3 Å². The van der Waals surface area contributed by atoms with Crippen molar-refractivity contribution in [1.82, 2.24) is 10.3 Å². The Hall–Kier alpha value is -3.66. The third kappa shape index (κ3) is 5.94. The summed E-state index contributed by atoms with van der Waals surface area (Å²) < 4.78 is 10.2. The zero-order chi connectivity index (χ0) is 22.9. The molecule has 1 aliphatic rings. The van der Waals surface area contributed by atoms with Crippen LogP contribution in [0.1, 0.15) is 37.9 Å². The van der Waals surface area contributed by atoms with E-state index >= 15 is 0 Å². The monoisotopic (exact) mass is 440 g/mol. The van der Waals surface area contributed by atoms with Crippen LogP contribution >= 0.6 is 0 Å². The number of benzene rings is 1. The molecule has 0 unspecified atom stereocenters. The van der Waals surface area contributed by atoms with Gasteiger partial charge in [0.05, 0.1) is 30.2 Å². The fourth-order valence-corrected chi connectivity index (χ4v) is 3.07. The smallest absolute Gasteiger partial charge is 0.412 e. The van der Waals surface area contributed by atoms with E-state index < -0.39 is 12.2 Å². The van der Waals surface area contributed by atoms with Gasteiger partial charge >= 0.3 is 12.2 Å². The van der Waals surface area contributed by atoms with Gasteiger partial charge in [-0.15, -0.1) is 0 Å². The molecule has 5 N–H and O–H groups in total. The van der Waals surface area contributed by atoms with Gasteiger partial charge < -0.3 is 25.8 Å². The highest BCUT2D eigenvalue weighted by molar-refractivity contribution is 6.07. The van der Waals surface area contributed by atoms with Crippen molar-refractivity contribution in [2.24, 2.45) is 10.7 Å². The lowest BCUT2D eigenvalue weighted by molar-refractivity contribution is 0.168. The summed E-state index contributed by atoms with van der Waals surface area (Å²) in [5.74, 6) is 0.791. The summed E-state index contributed by atoms with van der Waals surface area (Å²) in [4.78, 5) is 32.6. The lowest BCUT2D eigenvalue weighted by atomic mass is 10.1. The molecule has 2 aromatic rings. The molecular formula is C22H28N6O4. The van der Waals surface area contributed by atoms with Crippen molar-refractivity contribution in [3.63, 3.8) is 0 Å². The number of anilines is 2. The van der Waals surface area contributed by atoms with E-state index in [1.54, 1.807) is 25.1 Å². The van der Waals surface area contributed by atoms with E-state index in [0.29, 0.717) is 36.0 Å². The van der Waals surface area contributed by atoms with Crippen molar-refractivity contribution in [2.75, 3.05) is 30.3 Å². The first kappa shape index (κ1) is 23.0. The fourth-order valence-electron chi connectivity index (χ4n) is 3.07. The number of ether oxygens (including phenoxy) is 2. The zero-order valence-electron chi connectivity index (χ0n) is 18.2. The Morgan fingerprint density at radius 3 is 2.66 bits per heavy atom. The second-order valence-electron chi connectivity index (χ2n) is 7.01. The Morgan fingerprint density at radius 1 is 1.19 bits per heavy atom. The quantitative estimate of drug-likeness (QED) is 0.460. The number of aliphatic imine (C=N–C) groups is 1. The number of aromatic nitrogens is 1. The topological polar surface area (TPSA) is 140 Å².